The maximum Gasteiger partial charge on any atom is 0.163 e. The van der Waals surface area contributed by atoms with E-state index in [1.807, 2.05) is 6.07 Å². The minimum absolute atomic E-state index is 0.0715. The van der Waals surface area contributed by atoms with Crippen molar-refractivity contribution in [3.05, 3.63) is 89.2 Å². The highest BCUT2D eigenvalue weighted by Crippen LogP contribution is 2.48. The van der Waals surface area contributed by atoms with Crippen LogP contribution in [0.1, 0.15) is 29.9 Å². The summed E-state index contributed by atoms with van der Waals surface area (Å²) in [6.07, 6.45) is 2.13. The van der Waals surface area contributed by atoms with Crippen LogP contribution in [0.15, 0.2) is 78.1 Å². The number of ketones is 1. The molecule has 5 rings (SSSR count). The predicted molar refractivity (Wildman–Crippen MR) is 98.7 cm³/mol. The monoisotopic (exact) mass is 326 g/mol. The molecule has 1 aliphatic carbocycles. The van der Waals surface area contributed by atoms with Gasteiger partial charge >= 0.3 is 0 Å². The molecular weight excluding hydrogens is 308 g/mol. The molecule has 0 N–H and O–H groups in total. The summed E-state index contributed by atoms with van der Waals surface area (Å²) in [5, 5.41) is 2.38. The summed E-state index contributed by atoms with van der Waals surface area (Å²) in [4.78, 5) is 12.6. The lowest BCUT2D eigenvalue weighted by molar-refractivity contribution is -0.115. The standard InChI is InChI=1S/C23H18O2/c24-19-11-13-21-23(19)18(14-15-6-2-1-3-7-15)22-17-9-5-4-8-16(17)10-12-20(22)25-21/h1-10,12,18H,11,13-14H2. The van der Waals surface area contributed by atoms with Crippen LogP contribution in [-0.4, -0.2) is 5.78 Å². The number of Topliss-reactive ketones (excluding diaryl/α,β-unsaturated/α-hetero) is 1. The summed E-state index contributed by atoms with van der Waals surface area (Å²) in [7, 11) is 0. The molecule has 1 unspecified atom stereocenters. The topological polar surface area (TPSA) is 26.3 Å². The molecule has 0 amide bonds. The minimum Gasteiger partial charge on any atom is -0.461 e. The first-order valence-electron chi connectivity index (χ1n) is 8.81. The molecule has 2 nitrogen and oxygen atoms in total. The Kier molecular flexibility index (Phi) is 3.24. The average Bonchev–Trinajstić information content (AvgIpc) is 3.03. The molecule has 25 heavy (non-hydrogen) atoms. The zero-order chi connectivity index (χ0) is 16.8. The van der Waals surface area contributed by atoms with Crippen LogP contribution < -0.4 is 4.74 Å². The van der Waals surface area contributed by atoms with Gasteiger partial charge in [-0.3, -0.25) is 4.79 Å². The van der Waals surface area contributed by atoms with Crippen molar-refractivity contribution in [1.82, 2.24) is 0 Å². The summed E-state index contributed by atoms with van der Waals surface area (Å²) in [6.45, 7) is 0. The van der Waals surface area contributed by atoms with Crippen molar-refractivity contribution in [2.45, 2.75) is 25.2 Å². The molecule has 0 saturated carbocycles. The fraction of sp³-hybridized carbons (Fsp3) is 0.174. The SMILES string of the molecule is O=C1CCC2=C1C(Cc1ccccc1)c1c(ccc3ccccc13)O2. The molecule has 0 radical (unpaired) electrons. The van der Waals surface area contributed by atoms with Gasteiger partial charge in [0.25, 0.3) is 0 Å². The molecule has 0 spiro atoms. The summed E-state index contributed by atoms with van der Waals surface area (Å²) in [5.41, 5.74) is 3.31. The van der Waals surface area contributed by atoms with Gasteiger partial charge in [0.2, 0.25) is 0 Å². The fourth-order valence-electron chi connectivity index (χ4n) is 4.20. The highest BCUT2D eigenvalue weighted by Gasteiger charge is 2.38. The first-order valence-corrected chi connectivity index (χ1v) is 8.81. The highest BCUT2D eigenvalue weighted by atomic mass is 16.5. The number of carbonyl (C=O) groups is 1. The number of rotatable bonds is 2. The Morgan fingerprint density at radius 3 is 2.56 bits per heavy atom. The largest absolute Gasteiger partial charge is 0.461 e. The average molecular weight is 326 g/mol. The number of ether oxygens (including phenoxy) is 1. The van der Waals surface area contributed by atoms with Gasteiger partial charge in [-0.25, -0.2) is 0 Å². The zero-order valence-corrected chi connectivity index (χ0v) is 13.9. The molecule has 1 heterocycles. The number of fused-ring (bicyclic) bond motifs is 3. The van der Waals surface area contributed by atoms with Crippen molar-refractivity contribution in [3.63, 3.8) is 0 Å². The van der Waals surface area contributed by atoms with E-state index in [4.69, 9.17) is 4.74 Å². The van der Waals surface area contributed by atoms with E-state index in [0.29, 0.717) is 6.42 Å². The van der Waals surface area contributed by atoms with Crippen molar-refractivity contribution < 1.29 is 9.53 Å². The third-order valence-electron chi connectivity index (χ3n) is 5.32. The molecule has 0 saturated heterocycles. The number of hydrogen-bond donors (Lipinski definition) is 0. The molecule has 2 aliphatic rings. The molecular formula is C23H18O2. The van der Waals surface area contributed by atoms with Crippen LogP contribution in [-0.2, 0) is 11.2 Å². The van der Waals surface area contributed by atoms with Gasteiger partial charge < -0.3 is 4.74 Å². The Balaban J connectivity index is 1.73. The minimum atomic E-state index is 0.0715. The normalized spacial score (nSPS) is 18.9. The second-order valence-electron chi connectivity index (χ2n) is 6.80. The van der Waals surface area contributed by atoms with E-state index in [2.05, 4.69) is 60.7 Å². The first-order chi connectivity index (χ1) is 12.3. The lowest BCUT2D eigenvalue weighted by Crippen LogP contribution is -2.19. The van der Waals surface area contributed by atoms with Gasteiger partial charge in [-0.05, 0) is 28.8 Å². The van der Waals surface area contributed by atoms with E-state index >= 15 is 0 Å². The van der Waals surface area contributed by atoms with Gasteiger partial charge in [0.1, 0.15) is 11.5 Å². The fourth-order valence-corrected chi connectivity index (χ4v) is 4.20. The second-order valence-corrected chi connectivity index (χ2v) is 6.80. The second kappa shape index (κ2) is 5.59. The Labute approximate surface area is 146 Å². The summed E-state index contributed by atoms with van der Waals surface area (Å²) in [5.74, 6) is 2.11. The van der Waals surface area contributed by atoms with E-state index < -0.39 is 0 Å². The summed E-state index contributed by atoms with van der Waals surface area (Å²) >= 11 is 0. The number of benzene rings is 3. The molecule has 0 aromatic heterocycles. The van der Waals surface area contributed by atoms with E-state index in [9.17, 15) is 4.79 Å². The van der Waals surface area contributed by atoms with Crippen molar-refractivity contribution >= 4 is 16.6 Å². The van der Waals surface area contributed by atoms with Crippen molar-refractivity contribution in [3.8, 4) is 5.75 Å². The predicted octanol–water partition coefficient (Wildman–Crippen LogP) is 5.18. The lowest BCUT2D eigenvalue weighted by Gasteiger charge is -2.28. The smallest absolute Gasteiger partial charge is 0.163 e. The van der Waals surface area contributed by atoms with E-state index in [1.54, 1.807) is 0 Å². The molecule has 0 fully saturated rings. The Morgan fingerprint density at radius 1 is 0.880 bits per heavy atom. The first kappa shape index (κ1) is 14.5. The quantitative estimate of drug-likeness (QED) is 0.649. The van der Waals surface area contributed by atoms with Gasteiger partial charge in [0.15, 0.2) is 5.78 Å². The van der Waals surface area contributed by atoms with Crippen LogP contribution in [0, 0.1) is 0 Å². The van der Waals surface area contributed by atoms with Crippen LogP contribution in [0.25, 0.3) is 10.8 Å². The van der Waals surface area contributed by atoms with E-state index in [0.717, 1.165) is 35.5 Å². The Morgan fingerprint density at radius 2 is 1.68 bits per heavy atom. The summed E-state index contributed by atoms with van der Waals surface area (Å²) in [6, 6.07) is 23.0. The van der Waals surface area contributed by atoms with Gasteiger partial charge in [0.05, 0.1) is 0 Å². The molecule has 0 bridgehead atoms. The van der Waals surface area contributed by atoms with Crippen molar-refractivity contribution in [2.24, 2.45) is 0 Å². The highest BCUT2D eigenvalue weighted by molar-refractivity contribution is 6.02. The Bertz CT molecular complexity index is 1010. The zero-order valence-electron chi connectivity index (χ0n) is 13.9. The molecule has 122 valence electrons. The third kappa shape index (κ3) is 2.29. The van der Waals surface area contributed by atoms with Crippen LogP contribution in [0.2, 0.25) is 0 Å². The molecule has 1 atom stereocenters. The maximum absolute atomic E-state index is 12.6. The lowest BCUT2D eigenvalue weighted by atomic mass is 9.80. The van der Waals surface area contributed by atoms with Gasteiger partial charge in [-0.2, -0.15) is 0 Å². The number of hydrogen-bond acceptors (Lipinski definition) is 2. The van der Waals surface area contributed by atoms with E-state index in [1.165, 1.54) is 16.3 Å². The molecule has 3 aromatic carbocycles. The molecule has 3 aromatic rings. The van der Waals surface area contributed by atoms with Gasteiger partial charge in [0, 0.05) is 29.9 Å². The van der Waals surface area contributed by atoms with Crippen LogP contribution in [0.3, 0.4) is 0 Å². The number of allylic oxidation sites excluding steroid dienone is 2. The van der Waals surface area contributed by atoms with Gasteiger partial charge in [-0.15, -0.1) is 0 Å². The van der Waals surface area contributed by atoms with Gasteiger partial charge in [-0.1, -0.05) is 60.7 Å². The maximum atomic E-state index is 12.6. The molecule has 2 heteroatoms. The van der Waals surface area contributed by atoms with Crippen LogP contribution >= 0.6 is 0 Å². The summed E-state index contributed by atoms with van der Waals surface area (Å²) < 4.78 is 6.16. The third-order valence-corrected chi connectivity index (χ3v) is 5.32. The van der Waals surface area contributed by atoms with Crippen LogP contribution in [0.4, 0.5) is 0 Å². The molecule has 1 aliphatic heterocycles. The number of carbonyl (C=O) groups excluding carboxylic acids is 1. The van der Waals surface area contributed by atoms with E-state index in [-0.39, 0.29) is 11.7 Å². The van der Waals surface area contributed by atoms with Crippen LogP contribution in [0.5, 0.6) is 5.75 Å². The van der Waals surface area contributed by atoms with Crippen molar-refractivity contribution in [1.29, 1.82) is 0 Å². The van der Waals surface area contributed by atoms with Crippen molar-refractivity contribution in [2.75, 3.05) is 0 Å². The Hall–Kier alpha value is -2.87.